The van der Waals surface area contributed by atoms with Crippen molar-refractivity contribution in [3.8, 4) is 0 Å². The van der Waals surface area contributed by atoms with Gasteiger partial charge in [-0.15, -0.1) is 0 Å². The molecule has 1 atom stereocenters. The van der Waals surface area contributed by atoms with E-state index in [1.807, 2.05) is 0 Å². The molecule has 5 nitrogen and oxygen atoms in total. The van der Waals surface area contributed by atoms with E-state index < -0.39 is 6.10 Å². The first kappa shape index (κ1) is 13.6. The molecule has 19 heavy (non-hydrogen) atoms. The molecule has 2 rings (SSSR count). The fraction of sp³-hybridized carbons (Fsp3) is 0.154. The number of aliphatic hydroxyl groups excluding tert-OH is 1. The van der Waals surface area contributed by atoms with E-state index in [9.17, 15) is 9.90 Å². The van der Waals surface area contributed by atoms with Crippen LogP contribution in [0.3, 0.4) is 0 Å². The van der Waals surface area contributed by atoms with Crippen LogP contribution < -0.4 is 11.1 Å². The molecule has 1 amide bonds. The van der Waals surface area contributed by atoms with Crippen molar-refractivity contribution in [3.63, 3.8) is 0 Å². The predicted molar refractivity (Wildman–Crippen MR) is 74.6 cm³/mol. The van der Waals surface area contributed by atoms with Gasteiger partial charge in [0, 0.05) is 12.2 Å². The second-order valence-corrected chi connectivity index (χ2v) is 4.72. The summed E-state index contributed by atoms with van der Waals surface area (Å²) in [7, 11) is 0. The minimum atomic E-state index is -0.782. The lowest BCUT2D eigenvalue weighted by atomic mass is 10.1. The Morgan fingerprint density at radius 3 is 2.63 bits per heavy atom. The lowest BCUT2D eigenvalue weighted by Crippen LogP contribution is -2.28. The van der Waals surface area contributed by atoms with Gasteiger partial charge in [-0.2, -0.15) is 0 Å². The van der Waals surface area contributed by atoms with E-state index >= 15 is 0 Å². The number of nitrogens with one attached hydrogen (secondary N) is 1. The molecule has 0 fully saturated rings. The zero-order valence-corrected chi connectivity index (χ0v) is 11.6. The number of nitrogen functional groups attached to an aromatic ring is 1. The van der Waals surface area contributed by atoms with Gasteiger partial charge in [-0.05, 0) is 39.7 Å². The van der Waals surface area contributed by atoms with Gasteiger partial charge in [0.05, 0.1) is 17.9 Å². The van der Waals surface area contributed by atoms with Gasteiger partial charge in [-0.25, -0.2) is 0 Å². The zero-order chi connectivity index (χ0) is 13.8. The standard InChI is InChI=1S/C13H13BrN2O3/c14-12-10(5-6-19-12)13(18)16-7-11(17)8-1-3-9(15)4-2-8/h1-6,11,17H,7,15H2,(H,16,18). The van der Waals surface area contributed by atoms with E-state index in [4.69, 9.17) is 10.2 Å². The third-order valence-corrected chi connectivity index (χ3v) is 3.25. The fourth-order valence-electron chi connectivity index (χ4n) is 1.58. The third-order valence-electron chi connectivity index (χ3n) is 2.64. The minimum Gasteiger partial charge on any atom is -0.457 e. The van der Waals surface area contributed by atoms with Crippen LogP contribution in [-0.4, -0.2) is 17.6 Å². The minimum absolute atomic E-state index is 0.111. The van der Waals surface area contributed by atoms with Crippen LogP contribution in [0.4, 0.5) is 5.69 Å². The third kappa shape index (κ3) is 3.36. The molecule has 0 aliphatic carbocycles. The largest absolute Gasteiger partial charge is 0.457 e. The molecule has 1 heterocycles. The molecule has 2 aromatic rings. The SMILES string of the molecule is Nc1ccc(C(O)CNC(=O)c2ccoc2Br)cc1. The number of benzene rings is 1. The summed E-state index contributed by atoms with van der Waals surface area (Å²) < 4.78 is 5.34. The maximum Gasteiger partial charge on any atom is 0.255 e. The maximum atomic E-state index is 11.8. The maximum absolute atomic E-state index is 11.8. The first-order chi connectivity index (χ1) is 9.08. The molecule has 0 saturated heterocycles. The molecule has 0 bridgehead atoms. The van der Waals surface area contributed by atoms with Crippen LogP contribution in [0.5, 0.6) is 0 Å². The number of carbonyl (C=O) groups excluding carboxylic acids is 1. The number of halogens is 1. The summed E-state index contributed by atoms with van der Waals surface area (Å²) in [6.07, 6.45) is 0.630. The van der Waals surface area contributed by atoms with Crippen LogP contribution in [0, 0.1) is 0 Å². The first-order valence-electron chi connectivity index (χ1n) is 5.62. The summed E-state index contributed by atoms with van der Waals surface area (Å²) in [6.45, 7) is 0.111. The van der Waals surface area contributed by atoms with Crippen LogP contribution in [-0.2, 0) is 0 Å². The molecule has 0 saturated carbocycles. The second kappa shape index (κ2) is 5.90. The molecule has 1 aromatic carbocycles. The molecule has 0 radical (unpaired) electrons. The van der Waals surface area contributed by atoms with E-state index in [1.54, 1.807) is 30.3 Å². The Balaban J connectivity index is 1.94. The van der Waals surface area contributed by atoms with Gasteiger partial charge in [0.25, 0.3) is 5.91 Å². The van der Waals surface area contributed by atoms with E-state index in [1.165, 1.54) is 6.26 Å². The molecular formula is C13H13BrN2O3. The molecule has 4 N–H and O–H groups in total. The molecule has 100 valence electrons. The second-order valence-electron chi connectivity index (χ2n) is 4.00. The highest BCUT2D eigenvalue weighted by atomic mass is 79.9. The lowest BCUT2D eigenvalue weighted by molar-refractivity contribution is 0.0914. The molecule has 0 aliphatic rings. The van der Waals surface area contributed by atoms with Gasteiger partial charge in [0.2, 0.25) is 0 Å². The van der Waals surface area contributed by atoms with Crippen LogP contribution >= 0.6 is 15.9 Å². The zero-order valence-electron chi connectivity index (χ0n) is 9.97. The van der Waals surface area contributed by atoms with Gasteiger partial charge < -0.3 is 20.6 Å². The van der Waals surface area contributed by atoms with Crippen LogP contribution in [0.25, 0.3) is 0 Å². The number of rotatable bonds is 4. The highest BCUT2D eigenvalue weighted by molar-refractivity contribution is 9.10. The number of hydrogen-bond donors (Lipinski definition) is 3. The van der Waals surface area contributed by atoms with Crippen molar-refractivity contribution < 1.29 is 14.3 Å². The summed E-state index contributed by atoms with van der Waals surface area (Å²) in [6, 6.07) is 8.40. The summed E-state index contributed by atoms with van der Waals surface area (Å²) >= 11 is 3.12. The van der Waals surface area contributed by atoms with E-state index in [2.05, 4.69) is 21.2 Å². The Morgan fingerprint density at radius 1 is 1.37 bits per heavy atom. The van der Waals surface area contributed by atoms with Crippen molar-refractivity contribution in [1.29, 1.82) is 0 Å². The molecule has 6 heteroatoms. The summed E-state index contributed by atoms with van der Waals surface area (Å²) in [5, 5.41) is 12.6. The van der Waals surface area contributed by atoms with E-state index in [0.717, 1.165) is 0 Å². The quantitative estimate of drug-likeness (QED) is 0.751. The van der Waals surface area contributed by atoms with Gasteiger partial charge in [0.15, 0.2) is 4.67 Å². The number of aliphatic hydroxyl groups is 1. The van der Waals surface area contributed by atoms with Crippen LogP contribution in [0.15, 0.2) is 45.7 Å². The Kier molecular flexibility index (Phi) is 4.24. The number of nitrogens with two attached hydrogens (primary N) is 1. The van der Waals surface area contributed by atoms with Crippen LogP contribution in [0.2, 0.25) is 0 Å². The summed E-state index contributed by atoms with van der Waals surface area (Å²) in [5.41, 5.74) is 7.28. The Bertz CT molecular complexity index is 566. The number of amides is 1. The van der Waals surface area contributed by atoms with E-state index in [-0.39, 0.29) is 12.5 Å². The summed E-state index contributed by atoms with van der Waals surface area (Å²) in [5.74, 6) is -0.310. The smallest absolute Gasteiger partial charge is 0.255 e. The van der Waals surface area contributed by atoms with E-state index in [0.29, 0.717) is 21.5 Å². The molecule has 0 spiro atoms. The number of furan rings is 1. The fourth-order valence-corrected chi connectivity index (χ4v) is 2.00. The van der Waals surface area contributed by atoms with Crippen molar-refractivity contribution in [1.82, 2.24) is 5.32 Å². The highest BCUT2D eigenvalue weighted by Gasteiger charge is 2.14. The molecular weight excluding hydrogens is 312 g/mol. The Labute approximate surface area is 118 Å². The van der Waals surface area contributed by atoms with Crippen molar-refractivity contribution in [2.75, 3.05) is 12.3 Å². The number of hydrogen-bond acceptors (Lipinski definition) is 4. The van der Waals surface area contributed by atoms with Crippen molar-refractivity contribution in [2.45, 2.75) is 6.10 Å². The molecule has 1 aromatic heterocycles. The Morgan fingerprint density at radius 2 is 2.05 bits per heavy atom. The van der Waals surface area contributed by atoms with Crippen molar-refractivity contribution in [2.24, 2.45) is 0 Å². The highest BCUT2D eigenvalue weighted by Crippen LogP contribution is 2.18. The lowest BCUT2D eigenvalue weighted by Gasteiger charge is -2.12. The first-order valence-corrected chi connectivity index (χ1v) is 6.42. The van der Waals surface area contributed by atoms with Crippen LogP contribution in [0.1, 0.15) is 22.0 Å². The normalized spacial score (nSPS) is 12.1. The molecule has 1 unspecified atom stereocenters. The molecule has 0 aliphatic heterocycles. The van der Waals surface area contributed by atoms with Crippen molar-refractivity contribution >= 4 is 27.5 Å². The summed E-state index contributed by atoms with van der Waals surface area (Å²) in [4.78, 5) is 11.8. The van der Waals surface area contributed by atoms with Crippen molar-refractivity contribution in [3.05, 3.63) is 52.4 Å². The van der Waals surface area contributed by atoms with Gasteiger partial charge in [0.1, 0.15) is 0 Å². The number of anilines is 1. The average molecular weight is 325 g/mol. The Hall–Kier alpha value is -1.79. The number of carbonyl (C=O) groups is 1. The topological polar surface area (TPSA) is 88.5 Å². The predicted octanol–water partition coefficient (Wildman–Crippen LogP) is 2.09. The monoisotopic (exact) mass is 324 g/mol. The van der Waals surface area contributed by atoms with Gasteiger partial charge in [-0.1, -0.05) is 12.1 Å². The van der Waals surface area contributed by atoms with Gasteiger partial charge >= 0.3 is 0 Å². The van der Waals surface area contributed by atoms with Gasteiger partial charge in [-0.3, -0.25) is 4.79 Å². The average Bonchev–Trinajstić information content (AvgIpc) is 2.83.